The van der Waals surface area contributed by atoms with E-state index in [1.807, 2.05) is 19.9 Å². The standard InChI is InChI=1S/C26H38O7/c1-14-12-17-13-26(33-22(17)16(3)21(29)20(14)23(30)32-7)15(2)8-9-18(24(4,5)31)25(26,6)11-10-19(27)28/h12,14-15,18,20,31H,8-11,13H2,1-7H3,(H,27,28). The number of ether oxygens (including phenoxy) is 2. The van der Waals surface area contributed by atoms with E-state index in [2.05, 4.69) is 6.92 Å². The Morgan fingerprint density at radius 2 is 1.91 bits per heavy atom. The molecule has 1 spiro atoms. The summed E-state index contributed by atoms with van der Waals surface area (Å²) >= 11 is 0. The highest BCUT2D eigenvalue weighted by atomic mass is 16.5. The summed E-state index contributed by atoms with van der Waals surface area (Å²) in [4.78, 5) is 37.2. The molecule has 3 rings (SSSR count). The Labute approximate surface area is 196 Å². The highest BCUT2D eigenvalue weighted by Gasteiger charge is 2.65. The summed E-state index contributed by atoms with van der Waals surface area (Å²) in [6.45, 7) is 11.2. The fourth-order valence-corrected chi connectivity index (χ4v) is 6.85. The van der Waals surface area contributed by atoms with Gasteiger partial charge < -0.3 is 19.7 Å². The lowest BCUT2D eigenvalue weighted by Crippen LogP contribution is -2.62. The van der Waals surface area contributed by atoms with Crippen molar-refractivity contribution in [2.24, 2.45) is 29.1 Å². The molecule has 1 heterocycles. The monoisotopic (exact) mass is 462 g/mol. The first-order chi connectivity index (χ1) is 15.2. The maximum Gasteiger partial charge on any atom is 0.317 e. The van der Waals surface area contributed by atoms with Crippen LogP contribution in [0.2, 0.25) is 0 Å². The topological polar surface area (TPSA) is 110 Å². The van der Waals surface area contributed by atoms with Crippen LogP contribution < -0.4 is 0 Å². The van der Waals surface area contributed by atoms with E-state index in [1.165, 1.54) is 7.11 Å². The van der Waals surface area contributed by atoms with Crippen LogP contribution in [0.3, 0.4) is 0 Å². The number of hydrogen-bond donors (Lipinski definition) is 2. The Kier molecular flexibility index (Phi) is 6.61. The molecule has 3 aliphatic rings. The molecule has 0 radical (unpaired) electrons. The van der Waals surface area contributed by atoms with Gasteiger partial charge in [0.25, 0.3) is 0 Å². The number of methoxy groups -OCH3 is 1. The van der Waals surface area contributed by atoms with Gasteiger partial charge in [0.05, 0.1) is 12.7 Å². The van der Waals surface area contributed by atoms with Crippen molar-refractivity contribution in [3.8, 4) is 0 Å². The molecular weight excluding hydrogens is 424 g/mol. The zero-order valence-electron chi connectivity index (χ0n) is 20.9. The molecule has 2 N–H and O–H groups in total. The third-order valence-electron chi connectivity index (χ3n) is 8.60. The van der Waals surface area contributed by atoms with Crippen LogP contribution in [0.1, 0.15) is 73.6 Å². The number of hydrogen-bond acceptors (Lipinski definition) is 6. The zero-order valence-corrected chi connectivity index (χ0v) is 20.9. The molecule has 6 unspecified atom stereocenters. The minimum atomic E-state index is -1.02. The van der Waals surface area contributed by atoms with Crippen molar-refractivity contribution in [3.63, 3.8) is 0 Å². The average Bonchev–Trinajstić information content (AvgIpc) is 3.06. The van der Waals surface area contributed by atoms with Gasteiger partial charge in [-0.05, 0) is 63.4 Å². The number of carbonyl (C=O) groups excluding carboxylic acids is 2. The van der Waals surface area contributed by atoms with Gasteiger partial charge in [0.2, 0.25) is 0 Å². The maximum absolute atomic E-state index is 13.3. The molecule has 1 saturated heterocycles. The first-order valence-corrected chi connectivity index (χ1v) is 11.9. The number of allylic oxidation sites excluding steroid dienone is 3. The van der Waals surface area contributed by atoms with E-state index in [0.717, 1.165) is 18.4 Å². The summed E-state index contributed by atoms with van der Waals surface area (Å²) in [5, 5.41) is 20.6. The van der Waals surface area contributed by atoms with Gasteiger partial charge in [-0.1, -0.05) is 26.8 Å². The van der Waals surface area contributed by atoms with Gasteiger partial charge in [0.15, 0.2) is 5.78 Å². The molecule has 2 fully saturated rings. The maximum atomic E-state index is 13.3. The molecule has 1 saturated carbocycles. The van der Waals surface area contributed by atoms with E-state index in [-0.39, 0.29) is 30.0 Å². The van der Waals surface area contributed by atoms with Crippen molar-refractivity contribution in [1.82, 2.24) is 0 Å². The van der Waals surface area contributed by atoms with Gasteiger partial charge in [-0.3, -0.25) is 14.4 Å². The number of fused-ring (bicyclic) bond motifs is 1. The van der Waals surface area contributed by atoms with E-state index in [9.17, 15) is 24.6 Å². The van der Waals surface area contributed by atoms with Gasteiger partial charge in [-0.25, -0.2) is 0 Å². The SMILES string of the molecule is COC(=O)C1C(=O)C(C)=C2OC3(CC2=CC1C)C(C)CCC(C(C)(C)O)C3(C)CCC(=O)O. The Hall–Kier alpha value is -2.15. The molecule has 7 heteroatoms. The molecule has 6 atom stereocenters. The van der Waals surface area contributed by atoms with Crippen LogP contribution in [-0.4, -0.2) is 46.2 Å². The first-order valence-electron chi connectivity index (χ1n) is 11.9. The van der Waals surface area contributed by atoms with Crippen molar-refractivity contribution < 1.29 is 34.1 Å². The highest BCUT2D eigenvalue weighted by molar-refractivity contribution is 6.09. The summed E-state index contributed by atoms with van der Waals surface area (Å²) in [5.74, 6) is -2.61. The van der Waals surface area contributed by atoms with Crippen LogP contribution in [-0.2, 0) is 23.9 Å². The molecule has 2 aliphatic carbocycles. The second-order valence-corrected chi connectivity index (χ2v) is 11.0. The van der Waals surface area contributed by atoms with Crippen LogP contribution in [0.5, 0.6) is 0 Å². The molecule has 33 heavy (non-hydrogen) atoms. The lowest BCUT2D eigenvalue weighted by atomic mass is 9.49. The van der Waals surface area contributed by atoms with Crippen LogP contribution in [0.25, 0.3) is 0 Å². The number of aliphatic carboxylic acids is 1. The van der Waals surface area contributed by atoms with E-state index >= 15 is 0 Å². The Bertz CT molecular complexity index is 908. The zero-order chi connectivity index (χ0) is 24.9. The summed E-state index contributed by atoms with van der Waals surface area (Å²) in [7, 11) is 1.28. The van der Waals surface area contributed by atoms with Crippen molar-refractivity contribution >= 4 is 17.7 Å². The van der Waals surface area contributed by atoms with Crippen molar-refractivity contribution in [3.05, 3.63) is 23.0 Å². The van der Waals surface area contributed by atoms with Crippen molar-refractivity contribution in [2.45, 2.75) is 84.8 Å². The number of carboxylic acids is 1. The lowest BCUT2D eigenvalue weighted by molar-refractivity contribution is -0.204. The largest absolute Gasteiger partial charge is 0.485 e. The smallest absolute Gasteiger partial charge is 0.317 e. The number of carbonyl (C=O) groups is 3. The Morgan fingerprint density at radius 3 is 2.45 bits per heavy atom. The number of esters is 1. The molecule has 184 valence electrons. The van der Waals surface area contributed by atoms with Crippen LogP contribution in [0, 0.1) is 29.1 Å². The first kappa shape index (κ1) is 25.5. The second kappa shape index (κ2) is 8.57. The number of aliphatic hydroxyl groups is 1. The summed E-state index contributed by atoms with van der Waals surface area (Å²) in [6.07, 6.45) is 4.37. The summed E-state index contributed by atoms with van der Waals surface area (Å²) < 4.78 is 11.7. The van der Waals surface area contributed by atoms with Crippen LogP contribution in [0.4, 0.5) is 0 Å². The normalized spacial score (nSPS) is 36.7. The molecule has 0 bridgehead atoms. The quantitative estimate of drug-likeness (QED) is 0.469. The predicted octanol–water partition coefficient (Wildman–Crippen LogP) is 4.04. The molecule has 0 aromatic rings. The molecule has 1 aliphatic heterocycles. The van der Waals surface area contributed by atoms with Crippen molar-refractivity contribution in [2.75, 3.05) is 7.11 Å². The van der Waals surface area contributed by atoms with E-state index in [4.69, 9.17) is 9.47 Å². The summed E-state index contributed by atoms with van der Waals surface area (Å²) in [5.41, 5.74) is -1.15. The van der Waals surface area contributed by atoms with Crippen molar-refractivity contribution in [1.29, 1.82) is 0 Å². The third kappa shape index (κ3) is 4.02. The number of ketones is 1. The highest BCUT2D eigenvalue weighted by Crippen LogP contribution is 2.64. The second-order valence-electron chi connectivity index (χ2n) is 11.0. The van der Waals surface area contributed by atoms with Crippen LogP contribution >= 0.6 is 0 Å². The van der Waals surface area contributed by atoms with E-state index in [1.54, 1.807) is 20.8 Å². The minimum Gasteiger partial charge on any atom is -0.485 e. The molecule has 0 aromatic heterocycles. The minimum absolute atomic E-state index is 0.0300. The lowest BCUT2D eigenvalue weighted by Gasteiger charge is -2.59. The third-order valence-corrected chi connectivity index (χ3v) is 8.60. The number of rotatable bonds is 5. The van der Waals surface area contributed by atoms with Gasteiger partial charge in [0, 0.05) is 23.8 Å². The van der Waals surface area contributed by atoms with Gasteiger partial charge in [0.1, 0.15) is 17.3 Å². The molecule has 0 aromatic carbocycles. The van der Waals surface area contributed by atoms with Gasteiger partial charge in [-0.15, -0.1) is 0 Å². The fraction of sp³-hybridized carbons (Fsp3) is 0.731. The van der Waals surface area contributed by atoms with E-state index in [0.29, 0.717) is 24.2 Å². The Morgan fingerprint density at radius 1 is 1.27 bits per heavy atom. The molecule has 7 nitrogen and oxygen atoms in total. The average molecular weight is 463 g/mol. The number of Topliss-reactive ketones (excluding diaryl/α,β-unsaturated/α-hetero) is 1. The van der Waals surface area contributed by atoms with Gasteiger partial charge in [-0.2, -0.15) is 0 Å². The molecular formula is C26H38O7. The van der Waals surface area contributed by atoms with Gasteiger partial charge >= 0.3 is 11.9 Å². The van der Waals surface area contributed by atoms with Crippen LogP contribution in [0.15, 0.2) is 23.0 Å². The molecule has 0 amide bonds. The predicted molar refractivity (Wildman–Crippen MR) is 122 cm³/mol. The Balaban J connectivity index is 2.15. The fourth-order valence-electron chi connectivity index (χ4n) is 6.85. The summed E-state index contributed by atoms with van der Waals surface area (Å²) in [6, 6.07) is 0. The van der Waals surface area contributed by atoms with E-state index < -0.39 is 34.5 Å². The number of carboxylic acid groups (broad SMARTS) is 1.